The van der Waals surface area contributed by atoms with E-state index in [1.165, 1.54) is 16.0 Å². The number of nitrogens with zero attached hydrogens (tertiary/aromatic N) is 3. The maximum Gasteiger partial charge on any atom is 0.466 e. The lowest BCUT2D eigenvalue weighted by atomic mass is 10.1. The molecule has 20 heavy (non-hydrogen) atoms. The number of benzene rings is 2. The standard InChI is InChI=1S/C12H10.N3.H3O4P/c1-3-7-11(8-4-1)12-9-5-2-6-10-12;1-3-2;1-5(2,3)4/h1-10H;;(H3,1,2,3,4)/q;-1;. The molecular formula is C12H13N3O4P-. The second-order valence-electron chi connectivity index (χ2n) is 3.33. The zero-order chi connectivity index (χ0) is 15.4. The SMILES string of the molecule is O=P(O)(O)O.[N-]=[N+]=[N-].c1ccc(-c2ccccc2)cc1. The van der Waals surface area contributed by atoms with Crippen molar-refractivity contribution in [3.63, 3.8) is 0 Å². The fraction of sp³-hybridized carbons (Fsp3) is 0. The van der Waals surface area contributed by atoms with Gasteiger partial charge in [-0.05, 0) is 11.1 Å². The van der Waals surface area contributed by atoms with Gasteiger partial charge >= 0.3 is 7.82 Å². The van der Waals surface area contributed by atoms with Crippen LogP contribution in [0.5, 0.6) is 0 Å². The Labute approximate surface area is 115 Å². The molecule has 2 aromatic rings. The van der Waals surface area contributed by atoms with Crippen LogP contribution in [0.3, 0.4) is 0 Å². The lowest BCUT2D eigenvalue weighted by Crippen LogP contribution is -1.73. The molecule has 8 heteroatoms. The molecule has 0 aliphatic rings. The maximum absolute atomic E-state index is 8.88. The van der Waals surface area contributed by atoms with Crippen molar-refractivity contribution in [2.24, 2.45) is 0 Å². The van der Waals surface area contributed by atoms with Gasteiger partial charge in [0.15, 0.2) is 0 Å². The zero-order valence-corrected chi connectivity index (χ0v) is 11.2. The van der Waals surface area contributed by atoms with Crippen LogP contribution in [0.2, 0.25) is 0 Å². The smallest absolute Gasteiger partial charge is 0.373 e. The Morgan fingerprint density at radius 3 is 1.15 bits per heavy atom. The summed E-state index contributed by atoms with van der Waals surface area (Å²) >= 11 is 0. The summed E-state index contributed by atoms with van der Waals surface area (Å²) in [6.45, 7) is 0. The minimum atomic E-state index is -4.64. The fourth-order valence-electron chi connectivity index (χ4n) is 1.26. The largest absolute Gasteiger partial charge is 0.466 e. The molecule has 3 N–H and O–H groups in total. The average molecular weight is 294 g/mol. The maximum atomic E-state index is 8.88. The number of phosphoric acid groups is 1. The Kier molecular flexibility index (Phi) is 8.70. The summed E-state index contributed by atoms with van der Waals surface area (Å²) in [6.07, 6.45) is 0. The number of rotatable bonds is 1. The predicted octanol–water partition coefficient (Wildman–Crippen LogP) is 3.29. The average Bonchev–Trinajstić information content (AvgIpc) is 2.40. The monoisotopic (exact) mass is 294 g/mol. The third-order valence-electron chi connectivity index (χ3n) is 1.88. The van der Waals surface area contributed by atoms with Gasteiger partial charge in [0.05, 0.1) is 0 Å². The van der Waals surface area contributed by atoms with E-state index in [0.717, 1.165) is 0 Å². The molecule has 0 radical (unpaired) electrons. The number of hydrogen-bond donors (Lipinski definition) is 3. The molecule has 2 rings (SSSR count). The van der Waals surface area contributed by atoms with Gasteiger partial charge in [-0.25, -0.2) is 4.57 Å². The lowest BCUT2D eigenvalue weighted by molar-refractivity contribution is 0.275. The second-order valence-corrected chi connectivity index (χ2v) is 4.36. The van der Waals surface area contributed by atoms with Gasteiger partial charge in [-0.3, -0.25) is 4.91 Å². The highest BCUT2D eigenvalue weighted by Gasteiger charge is 2.00. The van der Waals surface area contributed by atoms with Crippen LogP contribution in [-0.4, -0.2) is 14.7 Å². The Balaban J connectivity index is 0.000000382. The molecule has 0 saturated carbocycles. The molecule has 0 saturated heterocycles. The van der Waals surface area contributed by atoms with E-state index in [-0.39, 0.29) is 0 Å². The third kappa shape index (κ3) is 11.0. The van der Waals surface area contributed by atoms with Crippen molar-refractivity contribution in [1.82, 2.24) is 0 Å². The summed E-state index contributed by atoms with van der Waals surface area (Å²) in [5.41, 5.74) is 16.1. The van der Waals surface area contributed by atoms with Gasteiger partial charge in [0, 0.05) is 0 Å². The van der Waals surface area contributed by atoms with Gasteiger partial charge in [-0.2, -0.15) is 0 Å². The van der Waals surface area contributed by atoms with Crippen LogP contribution in [0.4, 0.5) is 0 Å². The van der Waals surface area contributed by atoms with E-state index >= 15 is 0 Å². The van der Waals surface area contributed by atoms with Crippen LogP contribution in [-0.2, 0) is 4.57 Å². The van der Waals surface area contributed by atoms with Crippen molar-refractivity contribution < 1.29 is 19.2 Å². The first-order valence-corrected chi connectivity index (χ1v) is 6.82. The summed E-state index contributed by atoms with van der Waals surface area (Å²) < 4.78 is 8.88. The van der Waals surface area contributed by atoms with E-state index in [4.69, 9.17) is 30.3 Å². The van der Waals surface area contributed by atoms with Crippen molar-refractivity contribution in [3.05, 3.63) is 76.6 Å². The lowest BCUT2D eigenvalue weighted by Gasteiger charge is -1.98. The highest BCUT2D eigenvalue weighted by Crippen LogP contribution is 2.25. The molecular weight excluding hydrogens is 281 g/mol. The van der Waals surface area contributed by atoms with Gasteiger partial charge in [0.1, 0.15) is 0 Å². The van der Waals surface area contributed by atoms with Crippen molar-refractivity contribution in [2.75, 3.05) is 0 Å². The zero-order valence-electron chi connectivity index (χ0n) is 10.3. The minimum Gasteiger partial charge on any atom is -0.373 e. The number of hydrogen-bond acceptors (Lipinski definition) is 1. The van der Waals surface area contributed by atoms with Crippen molar-refractivity contribution in [3.8, 4) is 11.1 Å². The molecule has 0 spiro atoms. The molecule has 2 aromatic carbocycles. The molecule has 0 fully saturated rings. The summed E-state index contributed by atoms with van der Waals surface area (Å²) in [6, 6.07) is 20.8. The van der Waals surface area contributed by atoms with Crippen molar-refractivity contribution in [2.45, 2.75) is 0 Å². The topological polar surface area (TPSA) is 136 Å². The normalized spacial score (nSPS) is 9.15. The minimum absolute atomic E-state index is 1.28. The molecule has 106 valence electrons. The molecule has 0 aromatic heterocycles. The van der Waals surface area contributed by atoms with Gasteiger partial charge in [0.2, 0.25) is 0 Å². The summed E-state index contributed by atoms with van der Waals surface area (Å²) in [7, 11) is -4.64. The Morgan fingerprint density at radius 2 is 0.950 bits per heavy atom. The summed E-state index contributed by atoms with van der Waals surface area (Å²) in [5, 5.41) is 0. The van der Waals surface area contributed by atoms with Gasteiger partial charge in [-0.15, -0.1) is 0 Å². The first kappa shape index (κ1) is 17.9. The van der Waals surface area contributed by atoms with Crippen molar-refractivity contribution >= 4 is 7.82 Å². The van der Waals surface area contributed by atoms with Gasteiger partial charge < -0.3 is 25.7 Å². The van der Waals surface area contributed by atoms with Gasteiger partial charge in [-0.1, -0.05) is 60.7 Å². The van der Waals surface area contributed by atoms with E-state index in [9.17, 15) is 0 Å². The van der Waals surface area contributed by atoms with Gasteiger partial charge in [0.25, 0.3) is 0 Å². The van der Waals surface area contributed by atoms with Crippen LogP contribution >= 0.6 is 7.82 Å². The molecule has 0 aliphatic carbocycles. The third-order valence-corrected chi connectivity index (χ3v) is 1.88. The Bertz CT molecular complexity index is 520. The molecule has 0 atom stereocenters. The quantitative estimate of drug-likeness (QED) is 0.321. The molecule has 0 amide bonds. The highest BCUT2D eigenvalue weighted by molar-refractivity contribution is 7.45. The van der Waals surface area contributed by atoms with Crippen LogP contribution in [0.1, 0.15) is 0 Å². The van der Waals surface area contributed by atoms with E-state index < -0.39 is 7.82 Å². The van der Waals surface area contributed by atoms with E-state index in [1.807, 2.05) is 12.1 Å². The predicted molar refractivity (Wildman–Crippen MR) is 76.2 cm³/mol. The summed E-state index contributed by atoms with van der Waals surface area (Å²) in [5.74, 6) is 0. The molecule has 0 aliphatic heterocycles. The van der Waals surface area contributed by atoms with Crippen LogP contribution in [0.15, 0.2) is 60.7 Å². The Hall–Kier alpha value is -2.14. The van der Waals surface area contributed by atoms with Crippen LogP contribution in [0, 0.1) is 0 Å². The summed E-state index contributed by atoms with van der Waals surface area (Å²) in [4.78, 5) is 23.1. The van der Waals surface area contributed by atoms with Crippen LogP contribution < -0.4 is 0 Å². The van der Waals surface area contributed by atoms with E-state index in [1.54, 1.807) is 0 Å². The van der Waals surface area contributed by atoms with Crippen LogP contribution in [0.25, 0.3) is 27.1 Å². The van der Waals surface area contributed by atoms with Crippen molar-refractivity contribution in [1.29, 1.82) is 0 Å². The fourth-order valence-corrected chi connectivity index (χ4v) is 1.26. The molecule has 0 bridgehead atoms. The second kappa shape index (κ2) is 9.75. The molecule has 0 heterocycles. The molecule has 0 unspecified atom stereocenters. The first-order valence-electron chi connectivity index (χ1n) is 5.25. The first-order chi connectivity index (χ1) is 9.38. The van der Waals surface area contributed by atoms with E-state index in [0.29, 0.717) is 0 Å². The van der Waals surface area contributed by atoms with E-state index in [2.05, 4.69) is 48.5 Å². The highest BCUT2D eigenvalue weighted by atomic mass is 31.2. The Morgan fingerprint density at radius 1 is 0.750 bits per heavy atom. The molecule has 7 nitrogen and oxygen atoms in total.